The fourth-order valence-corrected chi connectivity index (χ4v) is 5.50. The maximum Gasteiger partial charge on any atom is 0.271 e. The van der Waals surface area contributed by atoms with Gasteiger partial charge in [-0.25, -0.2) is 13.8 Å². The van der Waals surface area contributed by atoms with E-state index < -0.39 is 10.0 Å². The fraction of sp³-hybridized carbons (Fsp3) is 0.226. The van der Waals surface area contributed by atoms with Crippen LogP contribution in [0.4, 0.5) is 5.69 Å². The van der Waals surface area contributed by atoms with Gasteiger partial charge in [-0.05, 0) is 82.1 Å². The van der Waals surface area contributed by atoms with Crippen molar-refractivity contribution >= 4 is 27.8 Å². The Kier molecular flexibility index (Phi) is 8.06. The van der Waals surface area contributed by atoms with Crippen molar-refractivity contribution in [3.05, 3.63) is 118 Å². The van der Waals surface area contributed by atoms with Crippen molar-refractivity contribution in [2.24, 2.45) is 5.10 Å². The third kappa shape index (κ3) is 6.46. The van der Waals surface area contributed by atoms with Crippen LogP contribution in [0.3, 0.4) is 0 Å². The molecule has 202 valence electrons. The average Bonchev–Trinajstić information content (AvgIpc) is 3.15. The molecular weight excluding hydrogens is 508 g/mol. The predicted octanol–water partition coefficient (Wildman–Crippen LogP) is 5.75. The van der Waals surface area contributed by atoms with Gasteiger partial charge < -0.3 is 4.57 Å². The van der Waals surface area contributed by atoms with Crippen molar-refractivity contribution < 1.29 is 13.2 Å². The molecule has 0 radical (unpaired) electrons. The van der Waals surface area contributed by atoms with Crippen molar-refractivity contribution in [3.63, 3.8) is 0 Å². The van der Waals surface area contributed by atoms with Gasteiger partial charge in [-0.3, -0.25) is 9.10 Å². The van der Waals surface area contributed by atoms with Crippen LogP contribution in [0.1, 0.15) is 49.6 Å². The summed E-state index contributed by atoms with van der Waals surface area (Å²) in [5.41, 5.74) is 11.9. The van der Waals surface area contributed by atoms with E-state index in [4.69, 9.17) is 0 Å². The maximum atomic E-state index is 12.7. The Balaban J connectivity index is 1.47. The van der Waals surface area contributed by atoms with Gasteiger partial charge >= 0.3 is 0 Å². The lowest BCUT2D eigenvalue weighted by atomic mass is 10.1. The van der Waals surface area contributed by atoms with E-state index in [1.165, 1.54) is 21.7 Å². The van der Waals surface area contributed by atoms with E-state index in [-0.39, 0.29) is 12.5 Å². The molecule has 0 fully saturated rings. The Labute approximate surface area is 230 Å². The summed E-state index contributed by atoms with van der Waals surface area (Å²) in [6, 6.07) is 22.6. The van der Waals surface area contributed by atoms with Crippen LogP contribution >= 0.6 is 0 Å². The summed E-state index contributed by atoms with van der Waals surface area (Å²) in [5.74, 6) is -0.384. The van der Waals surface area contributed by atoms with Crippen LogP contribution in [-0.2, 0) is 16.6 Å². The quantitative estimate of drug-likeness (QED) is 0.227. The number of anilines is 1. The molecule has 0 aliphatic heterocycles. The lowest BCUT2D eigenvalue weighted by molar-refractivity contribution is 0.0955. The molecule has 1 aromatic heterocycles. The number of carbonyl (C=O) groups is 1. The molecule has 4 aromatic rings. The number of rotatable bonds is 8. The van der Waals surface area contributed by atoms with E-state index in [1.807, 2.05) is 51.1 Å². The second-order valence-corrected chi connectivity index (χ2v) is 11.9. The fourth-order valence-electron chi connectivity index (χ4n) is 4.61. The number of hydrazone groups is 1. The summed E-state index contributed by atoms with van der Waals surface area (Å²) in [6.45, 7) is 10.4. The molecule has 0 unspecified atom stereocenters. The van der Waals surface area contributed by atoms with Crippen LogP contribution in [0.15, 0.2) is 77.9 Å². The zero-order chi connectivity index (χ0) is 28.3. The molecule has 1 amide bonds. The third-order valence-corrected chi connectivity index (χ3v) is 7.84. The Hall–Kier alpha value is -4.17. The van der Waals surface area contributed by atoms with Crippen LogP contribution < -0.4 is 9.73 Å². The van der Waals surface area contributed by atoms with E-state index in [2.05, 4.69) is 47.1 Å². The lowest BCUT2D eigenvalue weighted by Crippen LogP contribution is -2.29. The van der Waals surface area contributed by atoms with Crippen molar-refractivity contribution in [3.8, 4) is 5.69 Å². The second kappa shape index (κ2) is 11.3. The first-order chi connectivity index (χ1) is 18.4. The van der Waals surface area contributed by atoms with Crippen molar-refractivity contribution in [1.82, 2.24) is 9.99 Å². The highest BCUT2D eigenvalue weighted by atomic mass is 32.2. The molecular formula is C31H34N4O3S. The minimum absolute atomic E-state index is 0.204. The van der Waals surface area contributed by atoms with Gasteiger partial charge in [0.25, 0.3) is 5.91 Å². The Morgan fingerprint density at radius 3 is 2.15 bits per heavy atom. The summed E-state index contributed by atoms with van der Waals surface area (Å²) in [6.07, 6.45) is 2.81. The van der Waals surface area contributed by atoms with E-state index in [0.717, 1.165) is 33.8 Å². The van der Waals surface area contributed by atoms with Gasteiger partial charge in [-0.1, -0.05) is 47.5 Å². The topological polar surface area (TPSA) is 83.8 Å². The average molecular weight is 543 g/mol. The Morgan fingerprint density at radius 1 is 0.897 bits per heavy atom. The number of amides is 1. The number of aryl methyl sites for hydroxylation is 4. The molecule has 1 heterocycles. The molecule has 4 rings (SSSR count). The summed E-state index contributed by atoms with van der Waals surface area (Å²) >= 11 is 0. The van der Waals surface area contributed by atoms with E-state index in [1.54, 1.807) is 30.5 Å². The van der Waals surface area contributed by atoms with Crippen molar-refractivity contribution in [2.75, 3.05) is 10.6 Å². The number of sulfonamides is 1. The third-order valence-electron chi connectivity index (χ3n) is 6.70. The van der Waals surface area contributed by atoms with Gasteiger partial charge in [0, 0.05) is 28.2 Å². The van der Waals surface area contributed by atoms with E-state index >= 15 is 0 Å². The van der Waals surface area contributed by atoms with Crippen LogP contribution in [0.5, 0.6) is 0 Å². The molecule has 0 spiro atoms. The van der Waals surface area contributed by atoms with Gasteiger partial charge in [-0.15, -0.1) is 0 Å². The summed E-state index contributed by atoms with van der Waals surface area (Å²) in [5, 5.41) is 4.18. The Bertz CT molecular complexity index is 1630. The van der Waals surface area contributed by atoms with Gasteiger partial charge in [0.1, 0.15) is 0 Å². The van der Waals surface area contributed by atoms with Crippen LogP contribution in [-0.4, -0.2) is 31.4 Å². The zero-order valence-corrected chi connectivity index (χ0v) is 24.0. The number of aromatic nitrogens is 1. The van der Waals surface area contributed by atoms with Gasteiger partial charge in [0.05, 0.1) is 24.7 Å². The minimum atomic E-state index is -3.53. The molecule has 1 N–H and O–H groups in total. The van der Waals surface area contributed by atoms with Gasteiger partial charge in [0.2, 0.25) is 10.0 Å². The monoisotopic (exact) mass is 542 g/mol. The van der Waals surface area contributed by atoms with Crippen LogP contribution in [0, 0.1) is 34.6 Å². The summed E-state index contributed by atoms with van der Waals surface area (Å²) < 4.78 is 28.5. The molecule has 0 bridgehead atoms. The Morgan fingerprint density at radius 2 is 1.54 bits per heavy atom. The zero-order valence-electron chi connectivity index (χ0n) is 23.2. The first-order valence-corrected chi connectivity index (χ1v) is 14.5. The number of nitrogens with zero attached hydrogens (tertiary/aromatic N) is 3. The molecule has 0 saturated heterocycles. The minimum Gasteiger partial charge on any atom is -0.318 e. The molecule has 0 atom stereocenters. The predicted molar refractivity (Wildman–Crippen MR) is 158 cm³/mol. The first-order valence-electron chi connectivity index (χ1n) is 12.7. The second-order valence-electron chi connectivity index (χ2n) is 9.95. The van der Waals surface area contributed by atoms with Crippen LogP contribution in [0.2, 0.25) is 0 Å². The molecule has 0 saturated carbocycles. The number of benzene rings is 3. The molecule has 0 aliphatic carbocycles. The number of carbonyl (C=O) groups excluding carboxylic acids is 1. The van der Waals surface area contributed by atoms with Gasteiger partial charge in [0.15, 0.2) is 0 Å². The molecule has 3 aromatic carbocycles. The van der Waals surface area contributed by atoms with E-state index in [0.29, 0.717) is 11.3 Å². The highest BCUT2D eigenvalue weighted by Crippen LogP contribution is 2.24. The number of nitrogens with one attached hydrogen (secondary N) is 1. The van der Waals surface area contributed by atoms with Crippen molar-refractivity contribution in [1.29, 1.82) is 0 Å². The lowest BCUT2D eigenvalue weighted by Gasteiger charge is -2.22. The highest BCUT2D eigenvalue weighted by Gasteiger charge is 2.18. The highest BCUT2D eigenvalue weighted by molar-refractivity contribution is 7.92. The maximum absolute atomic E-state index is 12.7. The largest absolute Gasteiger partial charge is 0.318 e. The molecule has 8 heteroatoms. The number of hydrogen-bond acceptors (Lipinski definition) is 4. The molecule has 7 nitrogen and oxygen atoms in total. The standard InChI is InChI=1S/C31H34N4O3S/c1-21-7-10-26(11-8-21)20-34(39(6,37)38)29-14-12-27(13-15-29)31(36)33-32-19-28-18-24(4)35(25(28)5)30-16-9-22(2)17-23(30)3/h7-19H,20H2,1-6H3,(H,33,36)/b32-19-. The molecule has 39 heavy (non-hydrogen) atoms. The summed E-state index contributed by atoms with van der Waals surface area (Å²) in [7, 11) is -3.53. The normalized spacial score (nSPS) is 11.6. The SMILES string of the molecule is Cc1ccc(CN(c2ccc(C(=O)N/N=C\c3cc(C)n(-c4ccc(C)cc4C)c3C)cc2)S(C)(=O)=O)cc1. The number of hydrogen-bond donors (Lipinski definition) is 1. The van der Waals surface area contributed by atoms with Crippen LogP contribution in [0.25, 0.3) is 5.69 Å². The molecule has 0 aliphatic rings. The van der Waals surface area contributed by atoms with E-state index in [9.17, 15) is 13.2 Å². The van der Waals surface area contributed by atoms with Gasteiger partial charge in [-0.2, -0.15) is 5.10 Å². The smallest absolute Gasteiger partial charge is 0.271 e. The van der Waals surface area contributed by atoms with Crippen molar-refractivity contribution in [2.45, 2.75) is 41.2 Å². The first kappa shape index (κ1) is 27.9. The summed E-state index contributed by atoms with van der Waals surface area (Å²) in [4.78, 5) is 12.7.